The highest BCUT2D eigenvalue weighted by molar-refractivity contribution is 7.99. The predicted octanol–water partition coefficient (Wildman–Crippen LogP) is 3.53. The maximum Gasteiger partial charge on any atom is 0.191 e. The third kappa shape index (κ3) is 3.94. The molecule has 0 aliphatic carbocycles. The van der Waals surface area contributed by atoms with E-state index >= 15 is 0 Å². The van der Waals surface area contributed by atoms with E-state index in [4.69, 9.17) is 0 Å². The Morgan fingerprint density at radius 1 is 1.19 bits per heavy atom. The Labute approximate surface area is 130 Å². The lowest BCUT2D eigenvalue weighted by atomic mass is 10.1. The van der Waals surface area contributed by atoms with Crippen LogP contribution in [0.2, 0.25) is 0 Å². The Hall–Kier alpha value is -1.62. The number of aryl methyl sites for hydroxylation is 2. The van der Waals surface area contributed by atoms with Gasteiger partial charge in [0.2, 0.25) is 0 Å². The summed E-state index contributed by atoms with van der Waals surface area (Å²) in [6.07, 6.45) is 1.97. The summed E-state index contributed by atoms with van der Waals surface area (Å²) in [7, 11) is 0. The molecule has 1 heterocycles. The van der Waals surface area contributed by atoms with E-state index in [9.17, 15) is 4.79 Å². The maximum absolute atomic E-state index is 12.2. The van der Waals surface area contributed by atoms with Gasteiger partial charge >= 0.3 is 0 Å². The fourth-order valence-corrected chi connectivity index (χ4v) is 3.02. The molecule has 0 saturated heterocycles. The molecular formula is C16H21N3OS. The molecular weight excluding hydrogens is 282 g/mol. The molecule has 2 rings (SSSR count). The number of carbonyl (C=O) groups is 1. The number of hydrogen-bond donors (Lipinski definition) is 0. The standard InChI is InChI=1S/C16H21N3OS/c1-4-6-15-17-18-16(19(15)5-2)21-11-14(20)13-9-7-12(3)8-10-13/h7-10H,4-6,11H2,1-3H3. The van der Waals surface area contributed by atoms with E-state index in [-0.39, 0.29) is 5.78 Å². The number of hydrogen-bond acceptors (Lipinski definition) is 4. The zero-order valence-corrected chi connectivity index (χ0v) is 13.6. The second-order valence-corrected chi connectivity index (χ2v) is 5.91. The number of thioether (sulfide) groups is 1. The van der Waals surface area contributed by atoms with E-state index in [0.29, 0.717) is 5.75 Å². The Balaban J connectivity index is 2.02. The molecule has 0 aliphatic rings. The summed E-state index contributed by atoms with van der Waals surface area (Å²) in [5, 5.41) is 9.26. The molecule has 0 spiro atoms. The minimum Gasteiger partial charge on any atom is -0.306 e. The lowest BCUT2D eigenvalue weighted by Gasteiger charge is -2.06. The molecule has 21 heavy (non-hydrogen) atoms. The Morgan fingerprint density at radius 3 is 2.52 bits per heavy atom. The van der Waals surface area contributed by atoms with Crippen LogP contribution in [0.1, 0.15) is 42.0 Å². The van der Waals surface area contributed by atoms with Crippen molar-refractivity contribution in [2.45, 2.75) is 45.3 Å². The summed E-state index contributed by atoms with van der Waals surface area (Å²) in [5.74, 6) is 1.53. The molecule has 0 unspecified atom stereocenters. The molecule has 0 saturated carbocycles. The quantitative estimate of drug-likeness (QED) is 0.580. The fourth-order valence-electron chi connectivity index (χ4n) is 2.10. The molecule has 0 aliphatic heterocycles. The third-order valence-corrected chi connectivity index (χ3v) is 4.26. The first-order chi connectivity index (χ1) is 10.2. The van der Waals surface area contributed by atoms with Gasteiger partial charge in [-0.15, -0.1) is 10.2 Å². The summed E-state index contributed by atoms with van der Waals surface area (Å²) >= 11 is 1.47. The molecule has 5 heteroatoms. The molecule has 2 aromatic rings. The number of ketones is 1. The van der Waals surface area contributed by atoms with Crippen molar-refractivity contribution >= 4 is 17.5 Å². The van der Waals surface area contributed by atoms with Gasteiger partial charge < -0.3 is 4.57 Å². The summed E-state index contributed by atoms with van der Waals surface area (Å²) in [4.78, 5) is 12.2. The van der Waals surface area contributed by atoms with Gasteiger partial charge in [0, 0.05) is 18.5 Å². The first-order valence-corrected chi connectivity index (χ1v) is 8.29. The molecule has 0 N–H and O–H groups in total. The van der Waals surface area contributed by atoms with E-state index in [1.165, 1.54) is 11.8 Å². The van der Waals surface area contributed by atoms with Crippen molar-refractivity contribution in [3.05, 3.63) is 41.2 Å². The number of aromatic nitrogens is 3. The molecule has 112 valence electrons. The second kappa shape index (κ2) is 7.41. The van der Waals surface area contributed by atoms with Gasteiger partial charge in [-0.25, -0.2) is 0 Å². The van der Waals surface area contributed by atoms with Crippen LogP contribution in [0.3, 0.4) is 0 Å². The summed E-state index contributed by atoms with van der Waals surface area (Å²) in [5.41, 5.74) is 1.92. The van der Waals surface area contributed by atoms with E-state index in [1.54, 1.807) is 0 Å². The summed E-state index contributed by atoms with van der Waals surface area (Å²) < 4.78 is 2.09. The van der Waals surface area contributed by atoms with Crippen molar-refractivity contribution in [1.82, 2.24) is 14.8 Å². The molecule has 0 bridgehead atoms. The highest BCUT2D eigenvalue weighted by Crippen LogP contribution is 2.19. The van der Waals surface area contributed by atoms with Crippen molar-refractivity contribution in [3.63, 3.8) is 0 Å². The number of rotatable bonds is 7. The molecule has 0 amide bonds. The smallest absolute Gasteiger partial charge is 0.191 e. The Kier molecular flexibility index (Phi) is 5.56. The SMILES string of the molecule is CCCc1nnc(SCC(=O)c2ccc(C)cc2)n1CC. The number of benzene rings is 1. The van der Waals surface area contributed by atoms with Gasteiger partial charge in [-0.2, -0.15) is 0 Å². The van der Waals surface area contributed by atoms with Crippen LogP contribution in [0.5, 0.6) is 0 Å². The first kappa shape index (κ1) is 15.8. The number of Topliss-reactive ketones (excluding diaryl/α,β-unsaturated/α-hetero) is 1. The van der Waals surface area contributed by atoms with Crippen LogP contribution in [-0.2, 0) is 13.0 Å². The molecule has 0 fully saturated rings. The van der Waals surface area contributed by atoms with Crippen molar-refractivity contribution in [3.8, 4) is 0 Å². The minimum absolute atomic E-state index is 0.127. The zero-order chi connectivity index (χ0) is 15.2. The first-order valence-electron chi connectivity index (χ1n) is 7.30. The van der Waals surface area contributed by atoms with Crippen LogP contribution in [0, 0.1) is 6.92 Å². The normalized spacial score (nSPS) is 10.8. The van der Waals surface area contributed by atoms with Crippen LogP contribution >= 0.6 is 11.8 Å². The maximum atomic E-state index is 12.2. The van der Waals surface area contributed by atoms with Gasteiger partial charge in [-0.05, 0) is 20.3 Å². The minimum atomic E-state index is 0.127. The van der Waals surface area contributed by atoms with Crippen LogP contribution in [-0.4, -0.2) is 26.3 Å². The van der Waals surface area contributed by atoms with E-state index in [1.807, 2.05) is 31.2 Å². The van der Waals surface area contributed by atoms with Crippen molar-refractivity contribution in [1.29, 1.82) is 0 Å². The average molecular weight is 303 g/mol. The number of carbonyl (C=O) groups excluding carboxylic acids is 1. The number of nitrogens with zero attached hydrogens (tertiary/aromatic N) is 3. The average Bonchev–Trinajstić information content (AvgIpc) is 2.88. The highest BCUT2D eigenvalue weighted by Gasteiger charge is 2.13. The fraction of sp³-hybridized carbons (Fsp3) is 0.438. The zero-order valence-electron chi connectivity index (χ0n) is 12.8. The molecule has 0 radical (unpaired) electrons. The van der Waals surface area contributed by atoms with Crippen molar-refractivity contribution < 1.29 is 4.79 Å². The van der Waals surface area contributed by atoms with Crippen LogP contribution in [0.25, 0.3) is 0 Å². The lowest BCUT2D eigenvalue weighted by molar-refractivity contribution is 0.102. The van der Waals surface area contributed by atoms with E-state index in [0.717, 1.165) is 41.5 Å². The largest absolute Gasteiger partial charge is 0.306 e. The van der Waals surface area contributed by atoms with Gasteiger partial charge in [-0.3, -0.25) is 4.79 Å². The van der Waals surface area contributed by atoms with Crippen LogP contribution in [0.4, 0.5) is 0 Å². The van der Waals surface area contributed by atoms with Crippen LogP contribution in [0.15, 0.2) is 29.4 Å². The third-order valence-electron chi connectivity index (χ3n) is 3.29. The van der Waals surface area contributed by atoms with Gasteiger partial charge in [0.15, 0.2) is 10.9 Å². The predicted molar refractivity (Wildman–Crippen MR) is 85.9 cm³/mol. The van der Waals surface area contributed by atoms with Gasteiger partial charge in [0.1, 0.15) is 5.82 Å². The van der Waals surface area contributed by atoms with Crippen molar-refractivity contribution in [2.75, 3.05) is 5.75 Å². The topological polar surface area (TPSA) is 47.8 Å². The monoisotopic (exact) mass is 303 g/mol. The molecule has 4 nitrogen and oxygen atoms in total. The summed E-state index contributed by atoms with van der Waals surface area (Å²) in [6.45, 7) is 7.06. The summed E-state index contributed by atoms with van der Waals surface area (Å²) in [6, 6.07) is 7.69. The molecule has 0 atom stereocenters. The molecule has 1 aromatic heterocycles. The van der Waals surface area contributed by atoms with E-state index < -0.39 is 0 Å². The van der Waals surface area contributed by atoms with Gasteiger partial charge in [0.05, 0.1) is 5.75 Å². The highest BCUT2D eigenvalue weighted by atomic mass is 32.2. The van der Waals surface area contributed by atoms with Crippen molar-refractivity contribution in [2.24, 2.45) is 0 Å². The second-order valence-electron chi connectivity index (χ2n) is 4.97. The van der Waals surface area contributed by atoms with Gasteiger partial charge in [0.25, 0.3) is 0 Å². The lowest BCUT2D eigenvalue weighted by Crippen LogP contribution is -2.06. The van der Waals surface area contributed by atoms with Gasteiger partial charge in [-0.1, -0.05) is 48.5 Å². The van der Waals surface area contributed by atoms with Crippen LogP contribution < -0.4 is 0 Å². The van der Waals surface area contributed by atoms with E-state index in [2.05, 4.69) is 28.6 Å². The molecule has 1 aromatic carbocycles. The Bertz CT molecular complexity index is 604. The Morgan fingerprint density at radius 2 is 1.90 bits per heavy atom.